The van der Waals surface area contributed by atoms with Gasteiger partial charge in [0.1, 0.15) is 5.82 Å². The van der Waals surface area contributed by atoms with Gasteiger partial charge in [-0.2, -0.15) is 0 Å². The molecule has 2 aromatic rings. The number of ether oxygens (including phenoxy) is 1. The molecule has 0 aliphatic heterocycles. The molecular formula is C22H34N6O. The number of guanidine groups is 1. The SMILES string of the molecule is COCCC1(CNC(=NCc2ccccc2)NCc2nnc(C)n2C)CCCC1. The molecule has 29 heavy (non-hydrogen) atoms. The van der Waals surface area contributed by atoms with Gasteiger partial charge in [-0.3, -0.25) is 0 Å². The van der Waals surface area contributed by atoms with E-state index < -0.39 is 0 Å². The molecule has 158 valence electrons. The highest BCUT2D eigenvalue weighted by molar-refractivity contribution is 5.79. The quantitative estimate of drug-likeness (QED) is 0.502. The van der Waals surface area contributed by atoms with Gasteiger partial charge < -0.3 is 19.9 Å². The largest absolute Gasteiger partial charge is 0.385 e. The summed E-state index contributed by atoms with van der Waals surface area (Å²) in [4.78, 5) is 4.82. The summed E-state index contributed by atoms with van der Waals surface area (Å²) in [5, 5.41) is 15.4. The lowest BCUT2D eigenvalue weighted by atomic mass is 9.83. The minimum absolute atomic E-state index is 0.298. The van der Waals surface area contributed by atoms with E-state index in [1.54, 1.807) is 7.11 Å². The third-order valence-electron chi connectivity index (χ3n) is 5.99. The molecule has 0 unspecified atom stereocenters. The summed E-state index contributed by atoms with van der Waals surface area (Å²) in [6.07, 6.45) is 6.18. The lowest BCUT2D eigenvalue weighted by Crippen LogP contribution is -2.43. The Kier molecular flexibility index (Phi) is 7.63. The van der Waals surface area contributed by atoms with Crippen LogP contribution in [0.2, 0.25) is 0 Å². The van der Waals surface area contributed by atoms with Crippen molar-refractivity contribution in [2.75, 3.05) is 20.3 Å². The summed E-state index contributed by atoms with van der Waals surface area (Å²) in [7, 11) is 3.77. The zero-order chi connectivity index (χ0) is 20.5. The Morgan fingerprint density at radius 3 is 2.59 bits per heavy atom. The molecule has 0 radical (unpaired) electrons. The average Bonchev–Trinajstić information content (AvgIpc) is 3.34. The Labute approximate surface area is 174 Å². The molecule has 1 fully saturated rings. The lowest BCUT2D eigenvalue weighted by Gasteiger charge is -2.30. The predicted octanol–water partition coefficient (Wildman–Crippen LogP) is 2.96. The second kappa shape index (κ2) is 10.4. The van der Waals surface area contributed by atoms with E-state index >= 15 is 0 Å². The van der Waals surface area contributed by atoms with Gasteiger partial charge in [0.15, 0.2) is 11.8 Å². The number of rotatable bonds is 9. The number of methoxy groups -OCH3 is 1. The summed E-state index contributed by atoms with van der Waals surface area (Å²) >= 11 is 0. The first kappa shape index (κ1) is 21.3. The van der Waals surface area contributed by atoms with Gasteiger partial charge in [-0.15, -0.1) is 10.2 Å². The van der Waals surface area contributed by atoms with Crippen molar-refractivity contribution >= 4 is 5.96 Å². The van der Waals surface area contributed by atoms with Crippen molar-refractivity contribution in [1.29, 1.82) is 0 Å². The zero-order valence-electron chi connectivity index (χ0n) is 17.9. The summed E-state index contributed by atoms with van der Waals surface area (Å²) < 4.78 is 7.37. The van der Waals surface area contributed by atoms with Crippen LogP contribution in [0.25, 0.3) is 0 Å². The molecule has 2 N–H and O–H groups in total. The van der Waals surface area contributed by atoms with Crippen LogP contribution < -0.4 is 10.6 Å². The highest BCUT2D eigenvalue weighted by Gasteiger charge is 2.33. The van der Waals surface area contributed by atoms with Crippen LogP contribution >= 0.6 is 0 Å². The van der Waals surface area contributed by atoms with Gasteiger partial charge in [-0.05, 0) is 37.2 Å². The fourth-order valence-corrected chi connectivity index (χ4v) is 3.93. The van der Waals surface area contributed by atoms with Crippen LogP contribution in [-0.2, 0) is 24.9 Å². The second-order valence-electron chi connectivity index (χ2n) is 8.03. The molecule has 0 saturated heterocycles. The third-order valence-corrected chi connectivity index (χ3v) is 5.99. The third kappa shape index (κ3) is 6.03. The van der Waals surface area contributed by atoms with Crippen molar-refractivity contribution in [2.24, 2.45) is 17.5 Å². The average molecular weight is 399 g/mol. The van der Waals surface area contributed by atoms with Crippen molar-refractivity contribution < 1.29 is 4.74 Å². The molecule has 3 rings (SSSR count). The van der Waals surface area contributed by atoms with E-state index in [4.69, 9.17) is 9.73 Å². The van der Waals surface area contributed by atoms with Gasteiger partial charge in [-0.25, -0.2) is 4.99 Å². The Morgan fingerprint density at radius 2 is 1.93 bits per heavy atom. The standard InChI is InChI=1S/C22H34N6O/c1-18-26-27-20(28(18)2)16-24-21(23-15-19-9-5-4-6-10-19)25-17-22(13-14-29-3)11-7-8-12-22/h4-6,9-10H,7-8,11-17H2,1-3H3,(H2,23,24,25). The molecular weight excluding hydrogens is 364 g/mol. The van der Waals surface area contributed by atoms with Crippen LogP contribution in [0.1, 0.15) is 49.3 Å². The molecule has 1 heterocycles. The fraction of sp³-hybridized carbons (Fsp3) is 0.591. The predicted molar refractivity (Wildman–Crippen MR) is 116 cm³/mol. The molecule has 1 saturated carbocycles. The van der Waals surface area contributed by atoms with E-state index in [0.717, 1.165) is 37.2 Å². The smallest absolute Gasteiger partial charge is 0.191 e. The van der Waals surface area contributed by atoms with E-state index in [-0.39, 0.29) is 0 Å². The number of aryl methyl sites for hydroxylation is 1. The maximum absolute atomic E-state index is 5.37. The van der Waals surface area contributed by atoms with E-state index in [9.17, 15) is 0 Å². The van der Waals surface area contributed by atoms with E-state index in [1.165, 1.54) is 31.2 Å². The Bertz CT molecular complexity index is 780. The minimum Gasteiger partial charge on any atom is -0.385 e. The van der Waals surface area contributed by atoms with Gasteiger partial charge in [0.2, 0.25) is 0 Å². The molecule has 0 bridgehead atoms. The molecule has 0 atom stereocenters. The first-order valence-corrected chi connectivity index (χ1v) is 10.5. The van der Waals surface area contributed by atoms with Crippen molar-refractivity contribution in [3.05, 3.63) is 47.5 Å². The molecule has 0 amide bonds. The number of aliphatic imine (C=N–C) groups is 1. The van der Waals surface area contributed by atoms with Gasteiger partial charge >= 0.3 is 0 Å². The normalized spacial score (nSPS) is 16.2. The van der Waals surface area contributed by atoms with Crippen LogP contribution in [0.5, 0.6) is 0 Å². The van der Waals surface area contributed by atoms with E-state index in [0.29, 0.717) is 18.5 Å². The topological polar surface area (TPSA) is 76.4 Å². The van der Waals surface area contributed by atoms with Crippen LogP contribution in [-0.4, -0.2) is 41.0 Å². The van der Waals surface area contributed by atoms with Crippen molar-refractivity contribution in [1.82, 2.24) is 25.4 Å². The van der Waals surface area contributed by atoms with E-state index in [2.05, 4.69) is 33.0 Å². The summed E-state index contributed by atoms with van der Waals surface area (Å²) in [5.74, 6) is 2.62. The Hall–Kier alpha value is -2.41. The zero-order valence-corrected chi connectivity index (χ0v) is 17.9. The summed E-state index contributed by atoms with van der Waals surface area (Å²) in [6, 6.07) is 10.3. The number of nitrogens with zero attached hydrogens (tertiary/aromatic N) is 4. The molecule has 1 aliphatic carbocycles. The maximum atomic E-state index is 5.37. The summed E-state index contributed by atoms with van der Waals surface area (Å²) in [6.45, 7) is 4.90. The fourth-order valence-electron chi connectivity index (χ4n) is 3.93. The highest BCUT2D eigenvalue weighted by Crippen LogP contribution is 2.40. The highest BCUT2D eigenvalue weighted by atomic mass is 16.5. The number of hydrogen-bond acceptors (Lipinski definition) is 4. The first-order valence-electron chi connectivity index (χ1n) is 10.5. The molecule has 0 spiro atoms. The number of aromatic nitrogens is 3. The van der Waals surface area contributed by atoms with E-state index in [1.807, 2.05) is 36.7 Å². The first-order chi connectivity index (χ1) is 14.1. The minimum atomic E-state index is 0.298. The monoisotopic (exact) mass is 398 g/mol. The van der Waals surface area contributed by atoms with Crippen molar-refractivity contribution in [3.8, 4) is 0 Å². The van der Waals surface area contributed by atoms with Gasteiger partial charge in [0.25, 0.3) is 0 Å². The van der Waals surface area contributed by atoms with Gasteiger partial charge in [0, 0.05) is 27.3 Å². The molecule has 1 aromatic carbocycles. The molecule has 1 aromatic heterocycles. The van der Waals surface area contributed by atoms with Gasteiger partial charge in [-0.1, -0.05) is 43.2 Å². The molecule has 7 nitrogen and oxygen atoms in total. The summed E-state index contributed by atoms with van der Waals surface area (Å²) in [5.41, 5.74) is 1.49. The second-order valence-corrected chi connectivity index (χ2v) is 8.03. The number of benzene rings is 1. The van der Waals surface area contributed by atoms with Crippen LogP contribution in [0.15, 0.2) is 35.3 Å². The number of nitrogens with one attached hydrogen (secondary N) is 2. The van der Waals surface area contributed by atoms with Crippen LogP contribution in [0, 0.1) is 12.3 Å². The van der Waals surface area contributed by atoms with Crippen molar-refractivity contribution in [2.45, 2.75) is 52.1 Å². The van der Waals surface area contributed by atoms with Crippen LogP contribution in [0.3, 0.4) is 0 Å². The Morgan fingerprint density at radius 1 is 1.17 bits per heavy atom. The molecule has 7 heteroatoms. The lowest BCUT2D eigenvalue weighted by molar-refractivity contribution is 0.138. The maximum Gasteiger partial charge on any atom is 0.191 e. The van der Waals surface area contributed by atoms with Crippen molar-refractivity contribution in [3.63, 3.8) is 0 Å². The number of hydrogen-bond donors (Lipinski definition) is 2. The van der Waals surface area contributed by atoms with Gasteiger partial charge in [0.05, 0.1) is 13.1 Å². The van der Waals surface area contributed by atoms with Crippen LogP contribution in [0.4, 0.5) is 0 Å². The Balaban J connectivity index is 1.66. The molecule has 1 aliphatic rings.